The molecule has 19 heavy (non-hydrogen) atoms. The van der Waals surface area contributed by atoms with Crippen LogP contribution in [0.1, 0.15) is 31.2 Å². The standard InChI is InChI=1S/C15H19ClN2O/c1-19-14-8-12(9-18-15(14)16)11-5-4-10-3-2-6-17-13(10)7-11/h7-10,13,17H,2-6H2,1H3. The van der Waals surface area contributed by atoms with Gasteiger partial charge < -0.3 is 10.1 Å². The summed E-state index contributed by atoms with van der Waals surface area (Å²) in [4.78, 5) is 4.21. The minimum atomic E-state index is 0.427. The van der Waals surface area contributed by atoms with E-state index in [9.17, 15) is 0 Å². The van der Waals surface area contributed by atoms with Crippen molar-refractivity contribution in [1.82, 2.24) is 10.3 Å². The van der Waals surface area contributed by atoms with E-state index in [1.54, 1.807) is 7.11 Å². The molecule has 0 amide bonds. The lowest BCUT2D eigenvalue weighted by Gasteiger charge is -2.35. The first-order chi connectivity index (χ1) is 9.28. The van der Waals surface area contributed by atoms with Gasteiger partial charge in [0.1, 0.15) is 0 Å². The number of fused-ring (bicyclic) bond motifs is 1. The number of rotatable bonds is 2. The van der Waals surface area contributed by atoms with Crippen LogP contribution in [-0.4, -0.2) is 24.7 Å². The van der Waals surface area contributed by atoms with Crippen LogP contribution in [0, 0.1) is 5.92 Å². The molecule has 0 saturated carbocycles. The molecule has 0 radical (unpaired) electrons. The Morgan fingerprint density at radius 1 is 1.42 bits per heavy atom. The molecule has 4 heteroatoms. The van der Waals surface area contributed by atoms with E-state index in [2.05, 4.69) is 16.4 Å². The number of nitrogens with one attached hydrogen (secondary N) is 1. The number of hydrogen-bond donors (Lipinski definition) is 1. The van der Waals surface area contributed by atoms with Crippen molar-refractivity contribution in [3.8, 4) is 5.75 Å². The predicted octanol–water partition coefficient (Wildman–Crippen LogP) is 3.29. The van der Waals surface area contributed by atoms with Gasteiger partial charge in [-0.1, -0.05) is 17.7 Å². The van der Waals surface area contributed by atoms with Crippen molar-refractivity contribution in [2.45, 2.75) is 31.7 Å². The lowest BCUT2D eigenvalue weighted by atomic mass is 9.79. The van der Waals surface area contributed by atoms with Crippen LogP contribution in [0.3, 0.4) is 0 Å². The summed E-state index contributed by atoms with van der Waals surface area (Å²) in [6.07, 6.45) is 9.26. The fraction of sp³-hybridized carbons (Fsp3) is 0.533. The minimum Gasteiger partial charge on any atom is -0.494 e. The zero-order valence-electron chi connectivity index (χ0n) is 11.2. The van der Waals surface area contributed by atoms with Crippen molar-refractivity contribution < 1.29 is 4.74 Å². The third-order valence-electron chi connectivity index (χ3n) is 4.20. The van der Waals surface area contributed by atoms with Crippen LogP contribution >= 0.6 is 11.6 Å². The maximum absolute atomic E-state index is 5.98. The quantitative estimate of drug-likeness (QED) is 0.843. The number of allylic oxidation sites excluding steroid dienone is 1. The molecule has 3 rings (SSSR count). The maximum atomic E-state index is 5.98. The molecule has 0 aromatic carbocycles. The summed E-state index contributed by atoms with van der Waals surface area (Å²) < 4.78 is 5.25. The molecule has 2 atom stereocenters. The number of ether oxygens (including phenoxy) is 1. The summed E-state index contributed by atoms with van der Waals surface area (Å²) in [5, 5.41) is 4.03. The average Bonchev–Trinajstić information content (AvgIpc) is 2.47. The zero-order valence-corrected chi connectivity index (χ0v) is 11.9. The fourth-order valence-electron chi connectivity index (χ4n) is 3.13. The minimum absolute atomic E-state index is 0.427. The van der Waals surface area contributed by atoms with Crippen LogP contribution in [0.4, 0.5) is 0 Å². The molecular formula is C15H19ClN2O. The molecule has 0 bridgehead atoms. The van der Waals surface area contributed by atoms with Gasteiger partial charge in [0.15, 0.2) is 10.9 Å². The summed E-state index contributed by atoms with van der Waals surface area (Å²) in [7, 11) is 1.63. The van der Waals surface area contributed by atoms with Crippen LogP contribution in [-0.2, 0) is 0 Å². The van der Waals surface area contributed by atoms with E-state index in [1.807, 2.05) is 12.3 Å². The highest BCUT2D eigenvalue weighted by Crippen LogP contribution is 2.35. The number of aromatic nitrogens is 1. The molecular weight excluding hydrogens is 260 g/mol. The monoisotopic (exact) mass is 278 g/mol. The lowest BCUT2D eigenvalue weighted by Crippen LogP contribution is -2.41. The Labute approximate surface area is 119 Å². The van der Waals surface area contributed by atoms with Gasteiger partial charge in [0.2, 0.25) is 0 Å². The molecule has 1 aliphatic carbocycles. The van der Waals surface area contributed by atoms with Gasteiger partial charge in [-0.2, -0.15) is 0 Å². The van der Waals surface area contributed by atoms with E-state index in [-0.39, 0.29) is 0 Å². The van der Waals surface area contributed by atoms with Gasteiger partial charge in [-0.25, -0.2) is 4.98 Å². The van der Waals surface area contributed by atoms with Crippen molar-refractivity contribution in [2.75, 3.05) is 13.7 Å². The Kier molecular flexibility index (Phi) is 3.76. The third kappa shape index (κ3) is 2.63. The van der Waals surface area contributed by atoms with Gasteiger partial charge in [-0.15, -0.1) is 0 Å². The number of piperidine rings is 1. The normalized spacial score (nSPS) is 26.5. The van der Waals surface area contributed by atoms with Crippen LogP contribution in [0.15, 0.2) is 18.3 Å². The first-order valence-corrected chi connectivity index (χ1v) is 7.29. The average molecular weight is 279 g/mol. The third-order valence-corrected chi connectivity index (χ3v) is 4.49. The van der Waals surface area contributed by atoms with Crippen molar-refractivity contribution in [1.29, 1.82) is 0 Å². The number of methoxy groups -OCH3 is 1. The largest absolute Gasteiger partial charge is 0.494 e. The van der Waals surface area contributed by atoms with Crippen molar-refractivity contribution in [3.63, 3.8) is 0 Å². The molecule has 1 N–H and O–H groups in total. The molecule has 1 aliphatic heterocycles. The molecule has 2 unspecified atom stereocenters. The predicted molar refractivity (Wildman–Crippen MR) is 77.5 cm³/mol. The van der Waals surface area contributed by atoms with Crippen LogP contribution in [0.2, 0.25) is 5.15 Å². The zero-order chi connectivity index (χ0) is 13.2. The summed E-state index contributed by atoms with van der Waals surface area (Å²) >= 11 is 5.98. The highest BCUT2D eigenvalue weighted by Gasteiger charge is 2.27. The summed E-state index contributed by atoms with van der Waals surface area (Å²) in [5.41, 5.74) is 2.49. The van der Waals surface area contributed by atoms with Crippen LogP contribution in [0.25, 0.3) is 5.57 Å². The maximum Gasteiger partial charge on any atom is 0.171 e. The fourth-order valence-corrected chi connectivity index (χ4v) is 3.31. The molecule has 1 aromatic rings. The second-order valence-electron chi connectivity index (χ2n) is 5.33. The van der Waals surface area contributed by atoms with E-state index in [1.165, 1.54) is 24.8 Å². The van der Waals surface area contributed by atoms with Crippen molar-refractivity contribution >= 4 is 17.2 Å². The highest BCUT2D eigenvalue weighted by molar-refractivity contribution is 6.30. The first kappa shape index (κ1) is 12.9. The Bertz CT molecular complexity index is 501. The summed E-state index contributed by atoms with van der Waals surface area (Å²) in [6, 6.07) is 2.52. The molecule has 3 nitrogen and oxygen atoms in total. The Hall–Kier alpha value is -1.06. The summed E-state index contributed by atoms with van der Waals surface area (Å²) in [5.74, 6) is 1.46. The number of pyridine rings is 1. The van der Waals surface area contributed by atoms with Crippen molar-refractivity contribution in [3.05, 3.63) is 29.1 Å². The molecule has 0 spiro atoms. The molecule has 1 saturated heterocycles. The SMILES string of the molecule is COc1cc(C2=CC3NCCCC3CC2)cnc1Cl. The van der Waals surface area contributed by atoms with Crippen molar-refractivity contribution in [2.24, 2.45) is 5.92 Å². The number of hydrogen-bond acceptors (Lipinski definition) is 3. The van der Waals surface area contributed by atoms with E-state index in [0.29, 0.717) is 16.9 Å². The van der Waals surface area contributed by atoms with Gasteiger partial charge in [0.05, 0.1) is 7.11 Å². The summed E-state index contributed by atoms with van der Waals surface area (Å²) in [6.45, 7) is 1.13. The van der Waals surface area contributed by atoms with E-state index < -0.39 is 0 Å². The van der Waals surface area contributed by atoms with Gasteiger partial charge in [0, 0.05) is 12.2 Å². The molecule has 1 fully saturated rings. The molecule has 2 aliphatic rings. The van der Waals surface area contributed by atoms with Gasteiger partial charge in [0.25, 0.3) is 0 Å². The van der Waals surface area contributed by atoms with Crippen LogP contribution in [0.5, 0.6) is 5.75 Å². The Morgan fingerprint density at radius 2 is 2.32 bits per heavy atom. The van der Waals surface area contributed by atoms with Gasteiger partial charge in [-0.3, -0.25) is 0 Å². The van der Waals surface area contributed by atoms with E-state index >= 15 is 0 Å². The smallest absolute Gasteiger partial charge is 0.171 e. The molecule has 1 aromatic heterocycles. The number of halogens is 1. The number of nitrogens with zero attached hydrogens (tertiary/aromatic N) is 1. The topological polar surface area (TPSA) is 34.1 Å². The van der Waals surface area contributed by atoms with Gasteiger partial charge in [-0.05, 0) is 55.3 Å². The van der Waals surface area contributed by atoms with E-state index in [4.69, 9.17) is 16.3 Å². The lowest BCUT2D eigenvalue weighted by molar-refractivity contribution is 0.298. The Morgan fingerprint density at radius 3 is 3.16 bits per heavy atom. The van der Waals surface area contributed by atoms with E-state index in [0.717, 1.165) is 24.4 Å². The second-order valence-corrected chi connectivity index (χ2v) is 5.69. The first-order valence-electron chi connectivity index (χ1n) is 6.92. The highest BCUT2D eigenvalue weighted by atomic mass is 35.5. The molecule has 2 heterocycles. The van der Waals surface area contributed by atoms with Gasteiger partial charge >= 0.3 is 0 Å². The Balaban J connectivity index is 1.87. The molecule has 102 valence electrons. The van der Waals surface area contributed by atoms with Crippen LogP contribution < -0.4 is 10.1 Å². The second kappa shape index (κ2) is 5.51.